The molecule has 0 saturated carbocycles. The Morgan fingerprint density at radius 3 is 2.47 bits per heavy atom. The lowest BCUT2D eigenvalue weighted by Gasteiger charge is -2.40. The molecule has 1 aliphatic rings. The molecule has 1 aliphatic heterocycles. The maximum absolute atomic E-state index is 11.7. The molecule has 0 radical (unpaired) electrons. The second kappa shape index (κ2) is 5.11. The molecule has 0 bridgehead atoms. The van der Waals surface area contributed by atoms with Crippen molar-refractivity contribution in [2.45, 2.75) is 47.1 Å². The highest BCUT2D eigenvalue weighted by Gasteiger charge is 2.29. The molecular formula is C13H25NO. The van der Waals surface area contributed by atoms with Crippen LogP contribution in [0.25, 0.3) is 0 Å². The number of hydrogen-bond acceptors (Lipinski definition) is 2. The summed E-state index contributed by atoms with van der Waals surface area (Å²) in [5, 5.41) is 0. The predicted octanol–water partition coefficient (Wildman–Crippen LogP) is 2.58. The van der Waals surface area contributed by atoms with Crippen molar-refractivity contribution in [1.82, 2.24) is 4.90 Å². The van der Waals surface area contributed by atoms with Crippen LogP contribution in [-0.2, 0) is 4.79 Å². The van der Waals surface area contributed by atoms with Crippen molar-refractivity contribution in [3.8, 4) is 0 Å². The molecule has 88 valence electrons. The van der Waals surface area contributed by atoms with E-state index in [2.05, 4.69) is 25.7 Å². The van der Waals surface area contributed by atoms with Gasteiger partial charge in [-0.05, 0) is 25.2 Å². The first-order chi connectivity index (χ1) is 6.91. The minimum Gasteiger partial charge on any atom is -0.298 e. The van der Waals surface area contributed by atoms with Crippen LogP contribution >= 0.6 is 0 Å². The minimum atomic E-state index is 0.171. The van der Waals surface area contributed by atoms with Crippen molar-refractivity contribution in [3.63, 3.8) is 0 Å². The first-order valence-corrected chi connectivity index (χ1v) is 6.18. The Morgan fingerprint density at radius 1 is 1.33 bits per heavy atom. The van der Waals surface area contributed by atoms with E-state index in [1.807, 2.05) is 13.8 Å². The summed E-state index contributed by atoms with van der Waals surface area (Å²) in [5.74, 6) is 2.00. The van der Waals surface area contributed by atoms with E-state index >= 15 is 0 Å². The van der Waals surface area contributed by atoms with E-state index in [0.717, 1.165) is 12.5 Å². The van der Waals surface area contributed by atoms with E-state index in [9.17, 15) is 4.79 Å². The van der Waals surface area contributed by atoms with Crippen LogP contribution < -0.4 is 0 Å². The van der Waals surface area contributed by atoms with Gasteiger partial charge in [-0.15, -0.1) is 0 Å². The number of carbonyl (C=O) groups excluding carboxylic acids is 1. The highest BCUT2D eigenvalue weighted by atomic mass is 16.1. The number of piperidine rings is 1. The van der Waals surface area contributed by atoms with Gasteiger partial charge in [0.25, 0.3) is 0 Å². The van der Waals surface area contributed by atoms with Crippen LogP contribution in [0, 0.1) is 17.8 Å². The third-order valence-electron chi connectivity index (χ3n) is 3.72. The SMILES string of the molecule is CC1CC(C)C(C)N(CC(=O)C(C)C)C1. The monoisotopic (exact) mass is 211 g/mol. The number of nitrogens with zero attached hydrogens (tertiary/aromatic N) is 1. The molecule has 1 rings (SSSR count). The zero-order chi connectivity index (χ0) is 11.6. The lowest BCUT2D eigenvalue weighted by Crippen LogP contribution is -2.48. The third kappa shape index (κ3) is 3.30. The van der Waals surface area contributed by atoms with Crippen LogP contribution in [0.1, 0.15) is 41.0 Å². The van der Waals surface area contributed by atoms with Crippen molar-refractivity contribution < 1.29 is 4.79 Å². The average Bonchev–Trinajstić information content (AvgIpc) is 2.13. The Hall–Kier alpha value is -0.370. The molecule has 1 saturated heterocycles. The lowest BCUT2D eigenvalue weighted by molar-refractivity contribution is -0.124. The summed E-state index contributed by atoms with van der Waals surface area (Å²) < 4.78 is 0. The number of Topliss-reactive ketones (excluding diaryl/α,β-unsaturated/α-hetero) is 1. The lowest BCUT2D eigenvalue weighted by atomic mass is 9.85. The predicted molar refractivity (Wildman–Crippen MR) is 63.8 cm³/mol. The molecule has 2 nitrogen and oxygen atoms in total. The molecule has 3 atom stereocenters. The highest BCUT2D eigenvalue weighted by molar-refractivity contribution is 5.82. The van der Waals surface area contributed by atoms with Gasteiger partial charge in [-0.2, -0.15) is 0 Å². The van der Waals surface area contributed by atoms with Gasteiger partial charge in [0.2, 0.25) is 0 Å². The topological polar surface area (TPSA) is 20.3 Å². The molecule has 1 heterocycles. The van der Waals surface area contributed by atoms with E-state index in [1.54, 1.807) is 0 Å². The summed E-state index contributed by atoms with van der Waals surface area (Å²) in [4.78, 5) is 14.1. The largest absolute Gasteiger partial charge is 0.298 e. The van der Waals surface area contributed by atoms with Crippen molar-refractivity contribution in [2.24, 2.45) is 17.8 Å². The smallest absolute Gasteiger partial charge is 0.149 e. The summed E-state index contributed by atoms with van der Waals surface area (Å²) in [5.41, 5.74) is 0. The van der Waals surface area contributed by atoms with Gasteiger partial charge in [-0.3, -0.25) is 9.69 Å². The fourth-order valence-corrected chi connectivity index (χ4v) is 2.42. The summed E-state index contributed by atoms with van der Waals surface area (Å²) in [6.45, 7) is 12.6. The van der Waals surface area contributed by atoms with Gasteiger partial charge in [0.15, 0.2) is 0 Å². The molecule has 0 N–H and O–H groups in total. The zero-order valence-corrected chi connectivity index (χ0v) is 10.8. The quantitative estimate of drug-likeness (QED) is 0.715. The van der Waals surface area contributed by atoms with Gasteiger partial charge >= 0.3 is 0 Å². The first-order valence-electron chi connectivity index (χ1n) is 6.18. The Bertz CT molecular complexity index is 225. The van der Waals surface area contributed by atoms with Crippen LogP contribution in [0.2, 0.25) is 0 Å². The Morgan fingerprint density at radius 2 is 1.93 bits per heavy atom. The number of ketones is 1. The maximum Gasteiger partial charge on any atom is 0.149 e. The molecule has 0 amide bonds. The van der Waals surface area contributed by atoms with E-state index < -0.39 is 0 Å². The van der Waals surface area contributed by atoms with Crippen LogP contribution in [0.4, 0.5) is 0 Å². The maximum atomic E-state index is 11.7. The van der Waals surface area contributed by atoms with E-state index in [1.165, 1.54) is 6.42 Å². The zero-order valence-electron chi connectivity index (χ0n) is 10.8. The number of likely N-dealkylation sites (tertiary alicyclic amines) is 1. The molecule has 1 fully saturated rings. The third-order valence-corrected chi connectivity index (χ3v) is 3.72. The number of rotatable bonds is 3. The molecule has 0 aliphatic carbocycles. The van der Waals surface area contributed by atoms with Gasteiger partial charge in [0.05, 0.1) is 6.54 Å². The molecule has 0 spiro atoms. The number of carbonyl (C=O) groups is 1. The van der Waals surface area contributed by atoms with Gasteiger partial charge in [-0.1, -0.05) is 27.7 Å². The summed E-state index contributed by atoms with van der Waals surface area (Å²) in [6, 6.07) is 0.559. The second-order valence-corrected chi connectivity index (χ2v) is 5.61. The molecule has 15 heavy (non-hydrogen) atoms. The van der Waals surface area contributed by atoms with Crippen molar-refractivity contribution in [3.05, 3.63) is 0 Å². The van der Waals surface area contributed by atoms with Crippen molar-refractivity contribution in [2.75, 3.05) is 13.1 Å². The standard InChI is InChI=1S/C13H25NO/c1-9(2)13(15)8-14-7-10(3)6-11(4)12(14)5/h9-12H,6-8H2,1-5H3. The fourth-order valence-electron chi connectivity index (χ4n) is 2.42. The summed E-state index contributed by atoms with van der Waals surface area (Å²) in [6.07, 6.45) is 1.30. The Kier molecular flexibility index (Phi) is 4.32. The van der Waals surface area contributed by atoms with Gasteiger partial charge < -0.3 is 0 Å². The molecular weight excluding hydrogens is 186 g/mol. The molecule has 0 aromatic rings. The van der Waals surface area contributed by atoms with Crippen molar-refractivity contribution in [1.29, 1.82) is 0 Å². The summed E-state index contributed by atoms with van der Waals surface area (Å²) in [7, 11) is 0. The second-order valence-electron chi connectivity index (χ2n) is 5.61. The normalized spacial score (nSPS) is 33.3. The minimum absolute atomic E-state index is 0.171. The fraction of sp³-hybridized carbons (Fsp3) is 0.923. The Balaban J connectivity index is 2.56. The van der Waals surface area contributed by atoms with Crippen LogP contribution in [0.5, 0.6) is 0 Å². The first kappa shape index (κ1) is 12.7. The number of hydrogen-bond donors (Lipinski definition) is 0. The van der Waals surface area contributed by atoms with E-state index in [4.69, 9.17) is 0 Å². The average molecular weight is 211 g/mol. The molecule has 0 aromatic carbocycles. The van der Waals surface area contributed by atoms with E-state index in [-0.39, 0.29) is 5.92 Å². The van der Waals surface area contributed by atoms with Gasteiger partial charge in [0.1, 0.15) is 5.78 Å². The molecule has 2 heteroatoms. The van der Waals surface area contributed by atoms with Crippen LogP contribution in [0.3, 0.4) is 0 Å². The van der Waals surface area contributed by atoms with Crippen LogP contribution in [0.15, 0.2) is 0 Å². The Labute approximate surface area is 94.0 Å². The molecule has 0 aromatic heterocycles. The van der Waals surface area contributed by atoms with Crippen molar-refractivity contribution >= 4 is 5.78 Å². The van der Waals surface area contributed by atoms with E-state index in [0.29, 0.717) is 24.3 Å². The molecule has 3 unspecified atom stereocenters. The highest BCUT2D eigenvalue weighted by Crippen LogP contribution is 2.26. The van der Waals surface area contributed by atoms with Gasteiger partial charge in [-0.25, -0.2) is 0 Å². The van der Waals surface area contributed by atoms with Crippen LogP contribution in [-0.4, -0.2) is 29.8 Å². The summed E-state index contributed by atoms with van der Waals surface area (Å²) >= 11 is 0. The van der Waals surface area contributed by atoms with Gasteiger partial charge in [0, 0.05) is 18.5 Å².